The number of nitrogens with one attached hydrogen (secondary N) is 1. The molecule has 1 spiro atoms. The Balaban J connectivity index is 1.10. The lowest BCUT2D eigenvalue weighted by Gasteiger charge is -2.37. The van der Waals surface area contributed by atoms with E-state index in [4.69, 9.17) is 53.6 Å². The molecule has 1 aliphatic carbocycles. The lowest BCUT2D eigenvalue weighted by atomic mass is 9.90. The van der Waals surface area contributed by atoms with E-state index in [1.807, 2.05) is 0 Å². The second-order valence-electron chi connectivity index (χ2n) is 20.9. The van der Waals surface area contributed by atoms with E-state index < -0.39 is 60.9 Å². The van der Waals surface area contributed by atoms with E-state index in [1.54, 1.807) is 90.1 Å². The van der Waals surface area contributed by atoms with Gasteiger partial charge in [0.25, 0.3) is 0 Å². The van der Waals surface area contributed by atoms with Crippen LogP contribution in [0.5, 0.6) is 5.75 Å². The normalized spacial score (nSPS) is 24.1. The number of para-hydroxylation sites is 1. The highest BCUT2D eigenvalue weighted by molar-refractivity contribution is 7.49. The third-order valence-electron chi connectivity index (χ3n) is 13.3. The maximum absolute atomic E-state index is 15.2. The van der Waals surface area contributed by atoms with E-state index >= 15 is 4.57 Å². The average molecular weight is 1080 g/mol. The van der Waals surface area contributed by atoms with Gasteiger partial charge in [0.2, 0.25) is 5.60 Å². The molecule has 0 aromatic heterocycles. The number of halogens is 1. The first-order chi connectivity index (χ1) is 35.9. The predicted molar refractivity (Wildman–Crippen MR) is 287 cm³/mol. The Morgan fingerprint density at radius 1 is 0.933 bits per heavy atom. The van der Waals surface area contributed by atoms with Gasteiger partial charge >= 0.3 is 13.9 Å². The summed E-state index contributed by atoms with van der Waals surface area (Å²) in [4.78, 5) is 17.1. The molecule has 17 nitrogen and oxygen atoms in total. The summed E-state index contributed by atoms with van der Waals surface area (Å²) in [5.74, 6) is -1.19. The molecule has 1 N–H and O–H groups in total. The highest BCUT2D eigenvalue weighted by Crippen LogP contribution is 2.70. The first-order valence-corrected chi connectivity index (χ1v) is 28.6. The molecule has 0 radical (unpaired) electrons. The number of rotatable bonds is 31. The highest BCUT2D eigenvalue weighted by Gasteiger charge is 2.90. The molecule has 1 saturated carbocycles. The van der Waals surface area contributed by atoms with Crippen molar-refractivity contribution in [1.29, 1.82) is 10.5 Å². The largest absolute Gasteiger partial charge is 0.530 e. The predicted octanol–water partition coefficient (Wildman–Crippen LogP) is 13.1. The summed E-state index contributed by atoms with van der Waals surface area (Å²) in [6.45, 7) is 17.2. The summed E-state index contributed by atoms with van der Waals surface area (Å²) in [5, 5.41) is 28.9. The number of hydrazone groups is 1. The third-order valence-corrected chi connectivity index (χ3v) is 14.9. The Bertz CT molecular complexity index is 2450. The Hall–Kier alpha value is -4.65. The fourth-order valence-electron chi connectivity index (χ4n) is 9.46. The number of allylic oxidation sites excluding steroid dienone is 1. The van der Waals surface area contributed by atoms with Crippen molar-refractivity contribution in [3.05, 3.63) is 88.7 Å². The zero-order valence-electron chi connectivity index (χ0n) is 45.0. The molecule has 3 fully saturated rings. The van der Waals surface area contributed by atoms with Crippen LogP contribution in [-0.4, -0.2) is 90.1 Å². The van der Waals surface area contributed by atoms with Crippen LogP contribution in [0.15, 0.2) is 82.7 Å². The van der Waals surface area contributed by atoms with Crippen LogP contribution < -0.4 is 9.84 Å². The fraction of sp³-hybridized carbons (Fsp3) is 0.625. The Kier molecular flexibility index (Phi) is 21.9. The molecule has 3 aliphatic heterocycles. The van der Waals surface area contributed by atoms with Crippen molar-refractivity contribution in [2.45, 2.75) is 205 Å². The summed E-state index contributed by atoms with van der Waals surface area (Å²) in [6.07, 6.45) is 18.2. The first kappa shape index (κ1) is 59.6. The molecule has 4 aliphatic rings. The number of phosphoric acid groups is 1. The van der Waals surface area contributed by atoms with E-state index in [0.29, 0.717) is 12.2 Å². The molecule has 6 rings (SSSR count). The zero-order valence-corrected chi connectivity index (χ0v) is 46.6. The van der Waals surface area contributed by atoms with Gasteiger partial charge in [-0.2, -0.15) is 15.6 Å². The van der Waals surface area contributed by atoms with Crippen LogP contribution >= 0.6 is 19.4 Å². The molecule has 0 bridgehead atoms. The maximum atomic E-state index is 15.2. The molecule has 2 aromatic rings. The molecular weight excluding hydrogens is 999 g/mol. The topological polar surface area (TPSA) is 205 Å². The van der Waals surface area contributed by atoms with Crippen LogP contribution in [0.25, 0.3) is 0 Å². The Labute approximate surface area is 449 Å². The van der Waals surface area contributed by atoms with E-state index in [9.17, 15) is 15.3 Å². The Morgan fingerprint density at radius 3 is 2.15 bits per heavy atom. The summed E-state index contributed by atoms with van der Waals surface area (Å²) in [7, 11) is -4.69. The number of hydrogen-bond acceptors (Lipinski definition) is 16. The van der Waals surface area contributed by atoms with Crippen molar-refractivity contribution in [2.24, 2.45) is 10.1 Å². The minimum atomic E-state index is -4.69. The number of nitriles is 2. The second-order valence-corrected chi connectivity index (χ2v) is 22.9. The number of benzene rings is 2. The van der Waals surface area contributed by atoms with Gasteiger partial charge in [-0.15, -0.1) is 0 Å². The van der Waals surface area contributed by atoms with Gasteiger partial charge in [-0.3, -0.25) is 14.4 Å². The van der Waals surface area contributed by atoms with E-state index in [1.165, 1.54) is 101 Å². The molecule has 7 atom stereocenters. The maximum Gasteiger partial charge on any atom is 0.530 e. The molecule has 2 saturated heterocycles. The fourth-order valence-corrected chi connectivity index (χ4v) is 11.2. The first-order valence-electron chi connectivity index (χ1n) is 26.7. The molecular formula is C56H78ClN6O11P. The molecule has 19 heteroatoms. The van der Waals surface area contributed by atoms with Crippen LogP contribution in [0, 0.1) is 22.7 Å². The summed E-state index contributed by atoms with van der Waals surface area (Å²) in [5.41, 5.74) is -2.66. The van der Waals surface area contributed by atoms with Crippen molar-refractivity contribution in [3.8, 4) is 17.9 Å². The third kappa shape index (κ3) is 16.2. The van der Waals surface area contributed by atoms with Gasteiger partial charge in [-0.25, -0.2) is 19.4 Å². The number of alkyl carbamates (subject to hydrolysis) is 1. The number of hydrogen-bond donors (Lipinski definition) is 1. The molecule has 410 valence electrons. The number of amides is 1. The standard InChI is InChI=1S/C56H78ClN6O11P/c1-9-11-12-13-14-15-16-17-18-19-20-21-22-23-24-27-34-66-37-44(67-36-43-32-30-42(35-58)31-33-43)38-68-75(65,72-47-29-26-25-28-45(47)57)73-49-48-56(49)51(70-54(7,8)74-56)55(39-59,69-48)41(3)63-46(10-2)50(60-40-61-63)62-52(64)71-53(4,5)6/h10,25-26,28-33,40,44,48-49,51H,3,9,11-24,27,34,36-38H2,1-2,4-8H3,(H,60,61,62,64)/b46-10-/t44-,48-,49?,51+,55+,56+,75?/m1/s1. The van der Waals surface area contributed by atoms with E-state index in [-0.39, 0.29) is 47.8 Å². The minimum Gasteiger partial charge on any atom is -0.444 e. The number of unbranched alkanes of at least 4 members (excludes halogenated alkanes) is 15. The van der Waals surface area contributed by atoms with Crippen LogP contribution in [0.1, 0.15) is 162 Å². The van der Waals surface area contributed by atoms with Gasteiger partial charge in [-0.1, -0.05) is 152 Å². The summed E-state index contributed by atoms with van der Waals surface area (Å²) in [6, 6.07) is 17.9. The van der Waals surface area contributed by atoms with Crippen molar-refractivity contribution in [2.75, 3.05) is 19.8 Å². The van der Waals surface area contributed by atoms with Gasteiger partial charge in [0.15, 0.2) is 17.2 Å². The Morgan fingerprint density at radius 2 is 1.56 bits per heavy atom. The SMILES string of the molecule is C=C(N1N=CN=C(NC(=O)OC(C)(C)C)/C1=C/C)[C@]1(C#N)O[C@@H]2C(OP(=O)(OC[C@@H](COCCCCCCCCCCCCCCCCCC)OCc3ccc(C#N)cc3)Oc3ccccc3Cl)[C@@]23OC(C)(C)O[C@H]31. The zero-order chi connectivity index (χ0) is 54.1. The van der Waals surface area contributed by atoms with Crippen LogP contribution in [0.4, 0.5) is 4.79 Å². The monoisotopic (exact) mass is 1080 g/mol. The average Bonchev–Trinajstić information content (AvgIpc) is 3.77. The van der Waals surface area contributed by atoms with Gasteiger partial charge in [0.1, 0.15) is 53.9 Å². The van der Waals surface area contributed by atoms with Gasteiger partial charge in [0.05, 0.1) is 42.2 Å². The minimum absolute atomic E-state index is 0.0120. The number of amidine groups is 1. The second kappa shape index (κ2) is 27.6. The van der Waals surface area contributed by atoms with E-state index in [0.717, 1.165) is 24.8 Å². The van der Waals surface area contributed by atoms with Crippen LogP contribution in [0.2, 0.25) is 5.02 Å². The highest BCUT2D eigenvalue weighted by atomic mass is 35.5. The number of aliphatic imine (C=N–C) groups is 1. The molecule has 3 heterocycles. The number of phosphoric ester groups is 1. The lowest BCUT2D eigenvalue weighted by molar-refractivity contribution is -0.182. The van der Waals surface area contributed by atoms with Crippen molar-refractivity contribution < 1.29 is 51.4 Å². The van der Waals surface area contributed by atoms with Crippen molar-refractivity contribution >= 4 is 37.7 Å². The number of ether oxygens (including phenoxy) is 6. The molecule has 75 heavy (non-hydrogen) atoms. The van der Waals surface area contributed by atoms with Gasteiger partial charge in [-0.05, 0) is 77.8 Å². The van der Waals surface area contributed by atoms with Crippen molar-refractivity contribution in [1.82, 2.24) is 10.3 Å². The van der Waals surface area contributed by atoms with Crippen LogP contribution in [0.3, 0.4) is 0 Å². The van der Waals surface area contributed by atoms with Crippen molar-refractivity contribution in [3.63, 3.8) is 0 Å². The number of carbonyl (C=O) groups excluding carboxylic acids is 1. The van der Waals surface area contributed by atoms with Crippen LogP contribution in [-0.2, 0) is 48.6 Å². The number of nitrogens with zero attached hydrogens (tertiary/aromatic N) is 5. The lowest BCUT2D eigenvalue weighted by Crippen LogP contribution is -2.53. The molecule has 1 amide bonds. The summed E-state index contributed by atoms with van der Waals surface area (Å²) >= 11 is 6.55. The molecule has 2 aromatic carbocycles. The summed E-state index contributed by atoms with van der Waals surface area (Å²) < 4.78 is 71.3. The quantitative estimate of drug-likeness (QED) is 0.0551. The number of carbonyl (C=O) groups is 1. The van der Waals surface area contributed by atoms with Gasteiger partial charge < -0.3 is 32.9 Å². The molecule has 2 unspecified atom stereocenters. The van der Waals surface area contributed by atoms with E-state index in [2.05, 4.69) is 41.1 Å². The smallest absolute Gasteiger partial charge is 0.444 e. The van der Waals surface area contributed by atoms with Gasteiger partial charge in [0, 0.05) is 6.61 Å².